The molecule has 0 spiro atoms. The fraction of sp³-hybridized carbons (Fsp3) is 0.439. The summed E-state index contributed by atoms with van der Waals surface area (Å²) >= 11 is 11.7. The van der Waals surface area contributed by atoms with Crippen LogP contribution in [0.25, 0.3) is 21.8 Å². The Kier molecular flexibility index (Phi) is 19.7. The number of carboxylic acid groups (broad SMARTS) is 1. The van der Waals surface area contributed by atoms with Crippen LogP contribution < -0.4 is 5.73 Å². The van der Waals surface area contributed by atoms with Gasteiger partial charge >= 0.3 is 5.97 Å². The number of hydrogen-bond acceptors (Lipinski definition) is 6. The van der Waals surface area contributed by atoms with Gasteiger partial charge in [-0.25, -0.2) is 13.6 Å². The number of nitrogens with zero attached hydrogens (tertiary/aromatic N) is 5. The fourth-order valence-electron chi connectivity index (χ4n) is 6.14. The lowest BCUT2D eigenvalue weighted by molar-refractivity contribution is -0.132. The number of carbonyl (C=O) groups excluding carboxylic acids is 3. The Labute approximate surface area is 347 Å². The van der Waals surface area contributed by atoms with Crippen LogP contribution in [0.2, 0.25) is 10.0 Å². The van der Waals surface area contributed by atoms with Crippen molar-refractivity contribution in [3.05, 3.63) is 87.9 Å². The summed E-state index contributed by atoms with van der Waals surface area (Å²) in [6, 6.07) is 10.1. The molecule has 58 heavy (non-hydrogen) atoms. The lowest BCUT2D eigenvalue weighted by Gasteiger charge is -2.26. The zero-order chi connectivity index (χ0) is 42.8. The highest BCUT2D eigenvalue weighted by atomic mass is 35.5. The van der Waals surface area contributed by atoms with Gasteiger partial charge in [0, 0.05) is 89.4 Å². The van der Waals surface area contributed by atoms with Gasteiger partial charge in [-0.05, 0) is 81.0 Å². The van der Waals surface area contributed by atoms with E-state index < -0.39 is 17.6 Å². The van der Waals surface area contributed by atoms with E-state index in [1.807, 2.05) is 40.6 Å². The molecule has 3 aromatic heterocycles. The van der Waals surface area contributed by atoms with E-state index in [0.717, 1.165) is 51.9 Å². The number of halogens is 4. The fourth-order valence-corrected chi connectivity index (χ4v) is 6.57. The monoisotopic (exact) mass is 846 g/mol. The van der Waals surface area contributed by atoms with E-state index in [0.29, 0.717) is 52.4 Å². The van der Waals surface area contributed by atoms with Crippen molar-refractivity contribution in [2.24, 2.45) is 5.73 Å². The Balaban J connectivity index is 0.000000205. The van der Waals surface area contributed by atoms with E-state index >= 15 is 0 Å². The average molecular weight is 848 g/mol. The minimum atomic E-state index is -1.14. The predicted octanol–water partition coefficient (Wildman–Crippen LogP) is 7.98. The number of carbonyl (C=O) groups is 4. The molecule has 0 radical (unpaired) electrons. The second-order valence-electron chi connectivity index (χ2n) is 13.4. The molecule has 2 aliphatic heterocycles. The molecular weight excluding hydrogens is 793 g/mol. The van der Waals surface area contributed by atoms with Gasteiger partial charge in [0.1, 0.15) is 23.0 Å². The molecule has 316 valence electrons. The molecule has 5 heterocycles. The molecule has 5 aromatic rings. The number of rotatable bonds is 7. The first-order valence-corrected chi connectivity index (χ1v) is 20.2. The number of amides is 3. The average Bonchev–Trinajstić information content (AvgIpc) is 4.04. The molecule has 0 atom stereocenters. The molecule has 17 heteroatoms. The summed E-state index contributed by atoms with van der Waals surface area (Å²) in [6.07, 6.45) is 11.9. The Morgan fingerprint density at radius 1 is 0.776 bits per heavy atom. The first-order chi connectivity index (χ1) is 27.8. The zero-order valence-corrected chi connectivity index (χ0v) is 35.0. The number of aromatic nitrogens is 4. The molecule has 0 aliphatic carbocycles. The van der Waals surface area contributed by atoms with Crippen LogP contribution >= 0.6 is 23.2 Å². The second kappa shape index (κ2) is 24.1. The van der Waals surface area contributed by atoms with E-state index in [1.54, 1.807) is 26.4 Å². The molecule has 0 unspecified atom stereocenters. The number of aromatic amines is 2. The number of nitrogens with two attached hydrogens (primary N) is 1. The molecular formula is C41H54Cl2F2N8O5. The van der Waals surface area contributed by atoms with Crippen LogP contribution in [-0.2, 0) is 16.1 Å². The summed E-state index contributed by atoms with van der Waals surface area (Å²) in [7, 11) is 3.26. The number of nitrogens with one attached hydrogen (secondary N) is 2. The summed E-state index contributed by atoms with van der Waals surface area (Å²) in [5, 5.41) is 14.4. The highest BCUT2D eigenvalue weighted by Gasteiger charge is 2.18. The summed E-state index contributed by atoms with van der Waals surface area (Å²) in [5.74, 6) is -1.80. The highest BCUT2D eigenvalue weighted by molar-refractivity contribution is 6.36. The normalized spacial score (nSPS) is 13.5. The van der Waals surface area contributed by atoms with Crippen molar-refractivity contribution >= 4 is 68.7 Å². The topological polar surface area (TPSA) is 174 Å². The Morgan fingerprint density at radius 2 is 1.24 bits per heavy atom. The number of piperidine rings is 2. The Hall–Kier alpha value is -4.99. The maximum Gasteiger partial charge on any atom is 0.352 e. The first-order valence-electron chi connectivity index (χ1n) is 19.4. The van der Waals surface area contributed by atoms with Crippen LogP contribution in [0.5, 0.6) is 0 Å². The molecule has 3 amide bonds. The van der Waals surface area contributed by atoms with Crippen molar-refractivity contribution < 1.29 is 33.1 Å². The number of aryl methyl sites for hydroxylation is 1. The van der Waals surface area contributed by atoms with Gasteiger partial charge in [-0.1, -0.05) is 37.0 Å². The van der Waals surface area contributed by atoms with Crippen LogP contribution in [0.4, 0.5) is 8.78 Å². The third kappa shape index (κ3) is 13.8. The number of aromatic carboxylic acids is 1. The standard InChI is InChI=1S/C11H10ClFN2O.C11H17N3O.C9H5ClFNO2.C8H16N2O.C2H6/c1-15(2)11(16)9-5-6-7(12)3-4-8(13)10(6)14-9;15-11(13-7-2-1-3-8-13)5-10-14-9-4-6-12-14;10-5-1-2-6(11)8-4(5)3-7(12-8)9(13)14;9-5-4-8(11)10-6-2-1-3-7-10;1-2/h3-5,14H,1-2H3;4,6,9H,1-3,5,7-8,10H2;1-3,12H,(H,13,14);1-7,9H2;1-2H3. The minimum Gasteiger partial charge on any atom is -0.477 e. The quantitative estimate of drug-likeness (QED) is 0.129. The SMILES string of the molecule is CC.CN(C)C(=O)c1cc2c(Cl)ccc(F)c2[nH]1.NCCC(=O)N1CCCCC1.O=C(CCn1cccn1)N1CCCCC1.O=C(O)c1cc2c(Cl)ccc(F)c2[nH]1. The lowest BCUT2D eigenvalue weighted by atomic mass is 10.1. The van der Waals surface area contributed by atoms with Crippen LogP contribution in [0.3, 0.4) is 0 Å². The summed E-state index contributed by atoms with van der Waals surface area (Å²) < 4.78 is 28.4. The van der Waals surface area contributed by atoms with Gasteiger partial charge < -0.3 is 35.5 Å². The summed E-state index contributed by atoms with van der Waals surface area (Å²) in [5.41, 5.74) is 5.92. The smallest absolute Gasteiger partial charge is 0.352 e. The maximum atomic E-state index is 13.4. The van der Waals surface area contributed by atoms with E-state index in [4.69, 9.17) is 34.0 Å². The number of hydrogen-bond donors (Lipinski definition) is 4. The van der Waals surface area contributed by atoms with Crippen molar-refractivity contribution in [3.63, 3.8) is 0 Å². The third-order valence-electron chi connectivity index (χ3n) is 9.14. The number of fused-ring (bicyclic) bond motifs is 2. The van der Waals surface area contributed by atoms with Gasteiger partial charge in [-0.3, -0.25) is 19.1 Å². The molecule has 7 rings (SSSR count). The number of benzene rings is 2. The van der Waals surface area contributed by atoms with Crippen LogP contribution in [-0.4, -0.2) is 110 Å². The maximum absolute atomic E-state index is 13.4. The zero-order valence-electron chi connectivity index (χ0n) is 33.5. The third-order valence-corrected chi connectivity index (χ3v) is 9.80. The van der Waals surface area contributed by atoms with Gasteiger partial charge in [0.2, 0.25) is 11.8 Å². The van der Waals surface area contributed by atoms with Crippen molar-refractivity contribution in [3.8, 4) is 0 Å². The van der Waals surface area contributed by atoms with Crippen molar-refractivity contribution in [1.29, 1.82) is 0 Å². The molecule has 13 nitrogen and oxygen atoms in total. The minimum absolute atomic E-state index is 0.0769. The van der Waals surface area contributed by atoms with Gasteiger partial charge in [-0.2, -0.15) is 5.10 Å². The van der Waals surface area contributed by atoms with E-state index in [9.17, 15) is 28.0 Å². The Bertz CT molecular complexity index is 2000. The predicted molar refractivity (Wildman–Crippen MR) is 224 cm³/mol. The van der Waals surface area contributed by atoms with Crippen LogP contribution in [0.15, 0.2) is 54.9 Å². The van der Waals surface area contributed by atoms with Crippen LogP contribution in [0, 0.1) is 11.6 Å². The Morgan fingerprint density at radius 3 is 1.66 bits per heavy atom. The molecule has 2 saturated heterocycles. The second-order valence-corrected chi connectivity index (χ2v) is 14.3. The first kappa shape index (κ1) is 47.4. The lowest BCUT2D eigenvalue weighted by Crippen LogP contribution is -2.36. The summed E-state index contributed by atoms with van der Waals surface area (Å²) in [4.78, 5) is 55.8. The van der Waals surface area contributed by atoms with Gasteiger partial charge in [0.05, 0.1) is 21.1 Å². The molecule has 2 aliphatic rings. The largest absolute Gasteiger partial charge is 0.477 e. The van der Waals surface area contributed by atoms with Crippen molar-refractivity contribution in [2.75, 3.05) is 46.8 Å². The number of likely N-dealkylation sites (tertiary alicyclic amines) is 2. The number of carboxylic acids is 1. The molecule has 2 aromatic carbocycles. The summed E-state index contributed by atoms with van der Waals surface area (Å²) in [6.45, 7) is 8.95. The van der Waals surface area contributed by atoms with Gasteiger partial charge in [-0.15, -0.1) is 0 Å². The van der Waals surface area contributed by atoms with Crippen LogP contribution in [0.1, 0.15) is 86.2 Å². The van der Waals surface area contributed by atoms with E-state index in [2.05, 4.69) is 15.1 Å². The van der Waals surface area contributed by atoms with Crippen molar-refractivity contribution in [1.82, 2.24) is 34.4 Å². The van der Waals surface area contributed by atoms with Crippen molar-refractivity contribution in [2.45, 2.75) is 71.8 Å². The molecule has 0 bridgehead atoms. The van der Waals surface area contributed by atoms with Gasteiger partial charge in [0.25, 0.3) is 5.91 Å². The van der Waals surface area contributed by atoms with Gasteiger partial charge in [0.15, 0.2) is 0 Å². The number of H-pyrrole nitrogens is 2. The molecule has 2 fully saturated rings. The van der Waals surface area contributed by atoms with E-state index in [1.165, 1.54) is 48.1 Å². The highest BCUT2D eigenvalue weighted by Crippen LogP contribution is 2.27. The molecule has 0 saturated carbocycles. The molecule has 5 N–H and O–H groups in total. The van der Waals surface area contributed by atoms with E-state index in [-0.39, 0.29) is 34.4 Å².